The van der Waals surface area contributed by atoms with Crippen LogP contribution in [0, 0.1) is 0 Å². The number of rotatable bonds is 6. The van der Waals surface area contributed by atoms with E-state index in [1.165, 1.54) is 17.7 Å². The molecule has 1 heterocycles. The minimum absolute atomic E-state index is 0.0150. The van der Waals surface area contributed by atoms with Crippen LogP contribution in [0.2, 0.25) is 0 Å². The molecule has 2 aliphatic rings. The van der Waals surface area contributed by atoms with Gasteiger partial charge >= 0.3 is 5.97 Å². The van der Waals surface area contributed by atoms with Crippen molar-refractivity contribution < 1.29 is 23.9 Å². The van der Waals surface area contributed by atoms with Crippen molar-refractivity contribution in [3.05, 3.63) is 24.3 Å². The molecule has 0 aromatic heterocycles. The molecule has 0 bridgehead atoms. The summed E-state index contributed by atoms with van der Waals surface area (Å²) in [6.07, 6.45) is 5.78. The van der Waals surface area contributed by atoms with E-state index < -0.39 is 12.1 Å². The van der Waals surface area contributed by atoms with Crippen molar-refractivity contribution >= 4 is 23.5 Å². The number of esters is 1. The first-order chi connectivity index (χ1) is 13.5. The fourth-order valence-corrected chi connectivity index (χ4v) is 3.65. The third-order valence-electron chi connectivity index (χ3n) is 5.23. The van der Waals surface area contributed by atoms with Gasteiger partial charge in [0.15, 0.2) is 12.7 Å². The third-order valence-corrected chi connectivity index (χ3v) is 5.23. The van der Waals surface area contributed by atoms with Gasteiger partial charge in [0.25, 0.3) is 11.8 Å². The van der Waals surface area contributed by atoms with Crippen molar-refractivity contribution in [2.75, 3.05) is 18.1 Å². The Morgan fingerprint density at radius 1 is 1.21 bits per heavy atom. The van der Waals surface area contributed by atoms with Crippen molar-refractivity contribution in [1.29, 1.82) is 0 Å². The fourth-order valence-electron chi connectivity index (χ4n) is 3.65. The summed E-state index contributed by atoms with van der Waals surface area (Å²) in [5.74, 6) is -0.342. The average Bonchev–Trinajstić information content (AvgIpc) is 2.95. The number of benzene rings is 1. The van der Waals surface area contributed by atoms with E-state index >= 15 is 0 Å². The van der Waals surface area contributed by atoms with Gasteiger partial charge in [-0.25, -0.2) is 0 Å². The summed E-state index contributed by atoms with van der Waals surface area (Å²) >= 11 is 0. The molecule has 1 fully saturated rings. The predicted octanol–water partition coefficient (Wildman–Crippen LogP) is 2.57. The minimum atomic E-state index is -0.844. The molecule has 0 radical (unpaired) electrons. The summed E-state index contributed by atoms with van der Waals surface area (Å²) < 4.78 is 10.7. The number of carbonyl (C=O) groups excluding carboxylic acids is 3. The van der Waals surface area contributed by atoms with Crippen LogP contribution in [0.3, 0.4) is 0 Å². The number of carbonyl (C=O) groups is 3. The molecule has 1 saturated carbocycles. The highest BCUT2D eigenvalue weighted by Crippen LogP contribution is 2.31. The van der Waals surface area contributed by atoms with E-state index in [0.29, 0.717) is 11.4 Å². The molecule has 2 amide bonds. The largest absolute Gasteiger partial charge is 0.482 e. The van der Waals surface area contributed by atoms with Gasteiger partial charge in [0.2, 0.25) is 0 Å². The molecule has 1 aromatic rings. The maximum Gasteiger partial charge on any atom is 0.308 e. The molecule has 28 heavy (non-hydrogen) atoms. The Kier molecular flexibility index (Phi) is 6.90. The Balaban J connectivity index is 1.47. The van der Waals surface area contributed by atoms with Gasteiger partial charge in [-0.1, -0.05) is 37.8 Å². The lowest BCUT2D eigenvalue weighted by Gasteiger charge is -2.29. The predicted molar refractivity (Wildman–Crippen MR) is 104 cm³/mol. The second-order valence-corrected chi connectivity index (χ2v) is 7.38. The molecule has 7 nitrogen and oxygen atoms in total. The molecular weight excluding hydrogens is 360 g/mol. The van der Waals surface area contributed by atoms with Crippen molar-refractivity contribution in [3.8, 4) is 5.75 Å². The second-order valence-electron chi connectivity index (χ2n) is 7.38. The normalized spacial score (nSPS) is 18.5. The Hall–Kier alpha value is -2.57. The molecule has 0 spiro atoms. The molecular formula is C21H28N2O5. The maximum absolute atomic E-state index is 12.3. The number of nitrogens with one attached hydrogen (secondary N) is 1. The first kappa shape index (κ1) is 20.2. The highest BCUT2D eigenvalue weighted by Gasteiger charge is 2.27. The number of amides is 2. The molecule has 1 atom stereocenters. The zero-order chi connectivity index (χ0) is 19.9. The summed E-state index contributed by atoms with van der Waals surface area (Å²) in [6.45, 7) is 1.72. The van der Waals surface area contributed by atoms with E-state index in [1.807, 2.05) is 12.1 Å². The third kappa shape index (κ3) is 5.24. The van der Waals surface area contributed by atoms with Crippen molar-refractivity contribution in [3.63, 3.8) is 0 Å². The first-order valence-electron chi connectivity index (χ1n) is 10.1. The van der Waals surface area contributed by atoms with Crippen molar-refractivity contribution in [2.45, 2.75) is 64.0 Å². The van der Waals surface area contributed by atoms with Gasteiger partial charge in [-0.2, -0.15) is 0 Å². The Morgan fingerprint density at radius 3 is 2.68 bits per heavy atom. The lowest BCUT2D eigenvalue weighted by molar-refractivity contribution is -0.154. The van der Waals surface area contributed by atoms with E-state index in [1.54, 1.807) is 19.1 Å². The number of hydrogen-bond donors (Lipinski definition) is 1. The average molecular weight is 388 g/mol. The maximum atomic E-state index is 12.3. The molecule has 3 rings (SSSR count). The SMILES string of the molecule is C[C@H](OC(=O)CCN1C(=O)COc2ccccc21)C(=O)NC1CCCCCC1. The molecule has 1 aromatic carbocycles. The molecule has 1 aliphatic carbocycles. The molecule has 0 unspecified atom stereocenters. The number of anilines is 1. The van der Waals surface area contributed by atoms with Gasteiger partial charge in [-0.3, -0.25) is 14.4 Å². The Morgan fingerprint density at radius 2 is 1.93 bits per heavy atom. The number of ether oxygens (including phenoxy) is 2. The summed E-state index contributed by atoms with van der Waals surface area (Å²) in [5.41, 5.74) is 0.644. The standard InChI is InChI=1S/C21H28N2O5/c1-15(21(26)22-16-8-4-2-3-5-9-16)28-20(25)12-13-23-17-10-6-7-11-18(17)27-14-19(23)24/h6-7,10-11,15-16H,2-5,8-9,12-14H2,1H3,(H,22,26)/t15-/m0/s1. The van der Waals surface area contributed by atoms with E-state index in [2.05, 4.69) is 5.32 Å². The first-order valence-corrected chi connectivity index (χ1v) is 10.1. The van der Waals surface area contributed by atoms with Gasteiger partial charge in [-0.05, 0) is 31.9 Å². The van der Waals surface area contributed by atoms with Crippen LogP contribution in [0.25, 0.3) is 0 Å². The lowest BCUT2D eigenvalue weighted by atomic mass is 10.1. The summed E-state index contributed by atoms with van der Waals surface area (Å²) in [7, 11) is 0. The minimum Gasteiger partial charge on any atom is -0.482 e. The Bertz CT molecular complexity index is 713. The number of hydrogen-bond acceptors (Lipinski definition) is 5. The van der Waals surface area contributed by atoms with Gasteiger partial charge in [0.05, 0.1) is 12.1 Å². The number of para-hydroxylation sites is 2. The highest BCUT2D eigenvalue weighted by atomic mass is 16.5. The summed E-state index contributed by atoms with van der Waals surface area (Å²) in [4.78, 5) is 38.2. The van der Waals surface area contributed by atoms with Crippen LogP contribution in [0.15, 0.2) is 24.3 Å². The van der Waals surface area contributed by atoms with Crippen LogP contribution in [0.4, 0.5) is 5.69 Å². The van der Waals surface area contributed by atoms with E-state index in [9.17, 15) is 14.4 Å². The zero-order valence-corrected chi connectivity index (χ0v) is 16.3. The molecule has 152 valence electrons. The molecule has 0 saturated heterocycles. The highest BCUT2D eigenvalue weighted by molar-refractivity contribution is 5.98. The zero-order valence-electron chi connectivity index (χ0n) is 16.3. The Labute approximate surface area is 165 Å². The van der Waals surface area contributed by atoms with Crippen LogP contribution in [-0.4, -0.2) is 43.1 Å². The van der Waals surface area contributed by atoms with Crippen LogP contribution >= 0.6 is 0 Å². The second kappa shape index (κ2) is 9.57. The van der Waals surface area contributed by atoms with Crippen LogP contribution in [-0.2, 0) is 19.1 Å². The van der Waals surface area contributed by atoms with Gasteiger partial charge in [-0.15, -0.1) is 0 Å². The summed E-state index contributed by atoms with van der Waals surface area (Å²) in [5, 5.41) is 2.99. The lowest BCUT2D eigenvalue weighted by Crippen LogP contribution is -2.43. The van der Waals surface area contributed by atoms with Crippen LogP contribution < -0.4 is 15.0 Å². The number of fused-ring (bicyclic) bond motifs is 1. The van der Waals surface area contributed by atoms with E-state index in [0.717, 1.165) is 25.7 Å². The van der Waals surface area contributed by atoms with Gasteiger partial charge in [0.1, 0.15) is 5.75 Å². The fraction of sp³-hybridized carbons (Fsp3) is 0.571. The van der Waals surface area contributed by atoms with Gasteiger partial charge < -0.3 is 19.7 Å². The van der Waals surface area contributed by atoms with E-state index in [-0.39, 0.29) is 37.4 Å². The van der Waals surface area contributed by atoms with Crippen molar-refractivity contribution in [2.24, 2.45) is 0 Å². The number of nitrogens with zero attached hydrogens (tertiary/aromatic N) is 1. The molecule has 1 N–H and O–H groups in total. The van der Waals surface area contributed by atoms with Crippen LogP contribution in [0.5, 0.6) is 5.75 Å². The smallest absolute Gasteiger partial charge is 0.308 e. The molecule has 1 aliphatic heterocycles. The monoisotopic (exact) mass is 388 g/mol. The van der Waals surface area contributed by atoms with Gasteiger partial charge in [0, 0.05) is 12.6 Å². The van der Waals surface area contributed by atoms with Crippen molar-refractivity contribution in [1.82, 2.24) is 5.32 Å². The molecule has 7 heteroatoms. The van der Waals surface area contributed by atoms with Crippen LogP contribution in [0.1, 0.15) is 51.9 Å². The topological polar surface area (TPSA) is 84.9 Å². The quantitative estimate of drug-likeness (QED) is 0.598. The van der Waals surface area contributed by atoms with E-state index in [4.69, 9.17) is 9.47 Å². The summed E-state index contributed by atoms with van der Waals surface area (Å²) in [6, 6.07) is 7.37.